The van der Waals surface area contributed by atoms with Crippen molar-refractivity contribution < 1.29 is 13.2 Å². The average molecular weight is 291 g/mol. The molecule has 0 spiro atoms. The fourth-order valence-electron chi connectivity index (χ4n) is 1.81. The summed E-state index contributed by atoms with van der Waals surface area (Å²) in [5.74, 6) is -0.994. The fourth-order valence-corrected chi connectivity index (χ4v) is 2.58. The van der Waals surface area contributed by atoms with E-state index in [0.717, 1.165) is 10.8 Å². The summed E-state index contributed by atoms with van der Waals surface area (Å²) in [5, 5.41) is 4.14. The molecular weight excluding hydrogens is 274 g/mol. The summed E-state index contributed by atoms with van der Waals surface area (Å²) in [6.45, 7) is 3.14. The lowest BCUT2D eigenvalue weighted by atomic mass is 10.1. The minimum atomic E-state index is -3.37. The highest BCUT2D eigenvalue weighted by atomic mass is 32.2. The molecule has 20 heavy (non-hydrogen) atoms. The molecule has 0 aliphatic rings. The van der Waals surface area contributed by atoms with Crippen LogP contribution in [0.15, 0.2) is 42.5 Å². The molecule has 2 rings (SSSR count). The summed E-state index contributed by atoms with van der Waals surface area (Å²) < 4.78 is 23.4. The number of hydrogen-bond donors (Lipinski definition) is 1. The number of rotatable bonds is 4. The molecule has 1 N–H and O–H groups in total. The maximum Gasteiger partial charge on any atom is 0.239 e. The largest absolute Gasteiger partial charge is 0.325 e. The van der Waals surface area contributed by atoms with E-state index < -0.39 is 26.7 Å². The van der Waals surface area contributed by atoms with Crippen LogP contribution in [-0.4, -0.2) is 25.3 Å². The van der Waals surface area contributed by atoms with Crippen LogP contribution in [0.2, 0.25) is 0 Å². The summed E-state index contributed by atoms with van der Waals surface area (Å²) >= 11 is 0. The lowest BCUT2D eigenvalue weighted by molar-refractivity contribution is -0.113. The van der Waals surface area contributed by atoms with Crippen LogP contribution in [0.3, 0.4) is 0 Å². The van der Waals surface area contributed by atoms with Crippen molar-refractivity contribution in [2.75, 3.05) is 11.1 Å². The molecule has 0 saturated heterocycles. The maximum atomic E-state index is 11.8. The Morgan fingerprint density at radius 3 is 2.40 bits per heavy atom. The topological polar surface area (TPSA) is 63.2 Å². The van der Waals surface area contributed by atoms with E-state index in [2.05, 4.69) is 5.32 Å². The number of fused-ring (bicyclic) bond motifs is 1. The highest BCUT2D eigenvalue weighted by Crippen LogP contribution is 2.18. The molecule has 1 amide bonds. The zero-order chi connectivity index (χ0) is 14.8. The van der Waals surface area contributed by atoms with Gasteiger partial charge in [-0.05, 0) is 36.8 Å². The van der Waals surface area contributed by atoms with Crippen molar-refractivity contribution in [2.24, 2.45) is 0 Å². The van der Waals surface area contributed by atoms with Crippen LogP contribution in [0.4, 0.5) is 5.69 Å². The Morgan fingerprint density at radius 1 is 1.10 bits per heavy atom. The van der Waals surface area contributed by atoms with Crippen molar-refractivity contribution >= 4 is 32.2 Å². The summed E-state index contributed by atoms with van der Waals surface area (Å²) in [5.41, 5.74) is 0.604. The van der Waals surface area contributed by atoms with Gasteiger partial charge in [0.05, 0.1) is 5.25 Å². The van der Waals surface area contributed by atoms with E-state index >= 15 is 0 Å². The molecule has 0 heterocycles. The van der Waals surface area contributed by atoms with E-state index in [1.165, 1.54) is 0 Å². The third-order valence-corrected chi connectivity index (χ3v) is 5.18. The van der Waals surface area contributed by atoms with Crippen LogP contribution in [0.25, 0.3) is 10.8 Å². The average Bonchev–Trinajstić information content (AvgIpc) is 2.37. The van der Waals surface area contributed by atoms with Crippen LogP contribution in [0.5, 0.6) is 0 Å². The zero-order valence-electron chi connectivity index (χ0n) is 11.5. The Kier molecular flexibility index (Phi) is 4.09. The van der Waals surface area contributed by atoms with Crippen LogP contribution in [0, 0.1) is 0 Å². The summed E-state index contributed by atoms with van der Waals surface area (Å²) in [6.07, 6.45) is 0. The van der Waals surface area contributed by atoms with Gasteiger partial charge >= 0.3 is 0 Å². The van der Waals surface area contributed by atoms with Crippen LogP contribution >= 0.6 is 0 Å². The molecule has 0 radical (unpaired) electrons. The normalized spacial score (nSPS) is 11.8. The van der Waals surface area contributed by atoms with Gasteiger partial charge in [0.15, 0.2) is 9.84 Å². The van der Waals surface area contributed by atoms with Crippen LogP contribution in [-0.2, 0) is 14.6 Å². The van der Waals surface area contributed by atoms with Crippen molar-refractivity contribution in [3.63, 3.8) is 0 Å². The number of benzene rings is 2. The lowest BCUT2D eigenvalue weighted by Crippen LogP contribution is -2.27. The second-order valence-corrected chi connectivity index (χ2v) is 7.52. The van der Waals surface area contributed by atoms with Gasteiger partial charge in [-0.25, -0.2) is 8.42 Å². The molecule has 0 bridgehead atoms. The first kappa shape index (κ1) is 14.5. The van der Waals surface area contributed by atoms with Crippen molar-refractivity contribution in [2.45, 2.75) is 19.1 Å². The van der Waals surface area contributed by atoms with Gasteiger partial charge in [0.1, 0.15) is 5.75 Å². The van der Waals surface area contributed by atoms with Gasteiger partial charge in [0, 0.05) is 5.69 Å². The second kappa shape index (κ2) is 5.63. The Labute approximate surface area is 118 Å². The molecular formula is C15H17NO3S. The molecule has 0 fully saturated rings. The summed E-state index contributed by atoms with van der Waals surface area (Å²) in [6, 6.07) is 13.3. The predicted octanol–water partition coefficient (Wildman–Crippen LogP) is 2.60. The quantitative estimate of drug-likeness (QED) is 0.941. The molecule has 0 aliphatic carbocycles. The number of amides is 1. The minimum absolute atomic E-state index is 0.489. The number of carbonyl (C=O) groups excluding carboxylic acids is 1. The first-order chi connectivity index (χ1) is 9.38. The van der Waals surface area contributed by atoms with Crippen molar-refractivity contribution in [1.29, 1.82) is 0 Å². The third kappa shape index (κ3) is 3.36. The van der Waals surface area contributed by atoms with Gasteiger partial charge < -0.3 is 5.32 Å². The Balaban J connectivity index is 2.14. The summed E-state index contributed by atoms with van der Waals surface area (Å²) in [7, 11) is -3.37. The summed E-state index contributed by atoms with van der Waals surface area (Å²) in [4.78, 5) is 11.8. The molecule has 0 saturated carbocycles. The lowest BCUT2D eigenvalue weighted by Gasteiger charge is -2.09. The fraction of sp³-hybridized carbons (Fsp3) is 0.267. The van der Waals surface area contributed by atoms with E-state index in [1.54, 1.807) is 19.9 Å². The van der Waals surface area contributed by atoms with E-state index in [0.29, 0.717) is 5.69 Å². The number of carbonyl (C=O) groups is 1. The van der Waals surface area contributed by atoms with Gasteiger partial charge in [-0.3, -0.25) is 4.79 Å². The van der Waals surface area contributed by atoms with Gasteiger partial charge in [0.2, 0.25) is 5.91 Å². The molecule has 4 nitrogen and oxygen atoms in total. The second-order valence-electron chi connectivity index (χ2n) is 4.97. The number of anilines is 1. The molecule has 2 aromatic carbocycles. The van der Waals surface area contributed by atoms with Crippen molar-refractivity contribution in [3.8, 4) is 0 Å². The molecule has 0 atom stereocenters. The molecule has 0 aromatic heterocycles. The Bertz CT molecular complexity index is 736. The van der Waals surface area contributed by atoms with Gasteiger partial charge in [-0.2, -0.15) is 0 Å². The highest BCUT2D eigenvalue weighted by Gasteiger charge is 2.20. The maximum absolute atomic E-state index is 11.8. The SMILES string of the molecule is CC(C)S(=O)(=O)CC(=O)Nc1ccc2ccccc2c1. The van der Waals surface area contributed by atoms with Gasteiger partial charge in [-0.1, -0.05) is 30.3 Å². The van der Waals surface area contributed by atoms with Crippen LogP contribution in [0.1, 0.15) is 13.8 Å². The Hall–Kier alpha value is -1.88. The van der Waals surface area contributed by atoms with Crippen molar-refractivity contribution in [1.82, 2.24) is 0 Å². The molecule has 5 heteroatoms. The first-order valence-electron chi connectivity index (χ1n) is 6.39. The zero-order valence-corrected chi connectivity index (χ0v) is 12.3. The molecule has 106 valence electrons. The number of nitrogens with one attached hydrogen (secondary N) is 1. The highest BCUT2D eigenvalue weighted by molar-refractivity contribution is 7.92. The predicted molar refractivity (Wildman–Crippen MR) is 81.5 cm³/mol. The smallest absolute Gasteiger partial charge is 0.239 e. The standard InChI is InChI=1S/C15H17NO3S/c1-11(2)20(18,19)10-15(17)16-14-8-7-12-5-3-4-6-13(12)9-14/h3-9,11H,10H2,1-2H3,(H,16,17). The van der Waals surface area contributed by atoms with Gasteiger partial charge in [0.25, 0.3) is 0 Å². The molecule has 2 aromatic rings. The third-order valence-electron chi connectivity index (χ3n) is 3.08. The Morgan fingerprint density at radius 2 is 1.75 bits per heavy atom. The monoisotopic (exact) mass is 291 g/mol. The molecule has 0 unspecified atom stereocenters. The van der Waals surface area contributed by atoms with E-state index in [9.17, 15) is 13.2 Å². The van der Waals surface area contributed by atoms with Crippen LogP contribution < -0.4 is 5.32 Å². The number of sulfone groups is 1. The van der Waals surface area contributed by atoms with Gasteiger partial charge in [-0.15, -0.1) is 0 Å². The van der Waals surface area contributed by atoms with E-state index in [4.69, 9.17) is 0 Å². The minimum Gasteiger partial charge on any atom is -0.325 e. The molecule has 0 aliphatic heterocycles. The van der Waals surface area contributed by atoms with E-state index in [-0.39, 0.29) is 0 Å². The number of hydrogen-bond acceptors (Lipinski definition) is 3. The van der Waals surface area contributed by atoms with Crippen molar-refractivity contribution in [3.05, 3.63) is 42.5 Å². The first-order valence-corrected chi connectivity index (χ1v) is 8.10. The van der Waals surface area contributed by atoms with E-state index in [1.807, 2.05) is 36.4 Å².